The first-order valence-corrected chi connectivity index (χ1v) is 19.8. The molecule has 268 valence electrons. The molecule has 4 aliphatic rings. The van der Waals surface area contributed by atoms with E-state index in [2.05, 4.69) is 113 Å². The summed E-state index contributed by atoms with van der Waals surface area (Å²) in [7, 11) is 0. The van der Waals surface area contributed by atoms with Crippen LogP contribution in [0.15, 0.2) is 146 Å². The van der Waals surface area contributed by atoms with E-state index in [-0.39, 0.29) is 5.41 Å². The van der Waals surface area contributed by atoms with Crippen molar-refractivity contribution in [3.05, 3.63) is 163 Å². The molecule has 8 aromatic rings. The van der Waals surface area contributed by atoms with Gasteiger partial charge in [-0.15, -0.1) is 0 Å². The number of hydrogen-bond donors (Lipinski definition) is 0. The first kappa shape index (κ1) is 32.8. The van der Waals surface area contributed by atoms with Crippen LogP contribution < -0.4 is 0 Å². The molecule has 3 heterocycles. The van der Waals surface area contributed by atoms with Crippen LogP contribution in [0.1, 0.15) is 48.8 Å². The average Bonchev–Trinajstić information content (AvgIpc) is 3.26. The maximum atomic E-state index is 9.32. The number of benzene rings is 5. The minimum Gasteiger partial charge on any atom is -0.256 e. The fourth-order valence-electron chi connectivity index (χ4n) is 10.8. The molecule has 4 saturated carbocycles. The van der Waals surface area contributed by atoms with E-state index in [0.29, 0.717) is 34.9 Å². The molecular weight excluding hydrogens is 685 g/mol. The summed E-state index contributed by atoms with van der Waals surface area (Å²) in [5.74, 6) is 4.82. The summed E-state index contributed by atoms with van der Waals surface area (Å²) in [5.41, 5.74) is 10.4. The largest absolute Gasteiger partial charge is 0.256 e. The van der Waals surface area contributed by atoms with Gasteiger partial charge in [0.05, 0.1) is 22.7 Å². The predicted octanol–water partition coefficient (Wildman–Crippen LogP) is 11.2. The SMILES string of the molecule is N#Cc1ccc(-c2ccc(C3(c4ccc(-c5nc(-c6ccc7ncccc7c6)nc(-c6ccc7cccnc7c6)n5)cc4)C4CC5CC(C4)CC3C5)cc2)cc1. The van der Waals surface area contributed by atoms with Crippen molar-refractivity contribution in [3.8, 4) is 51.4 Å². The minimum absolute atomic E-state index is 0.0399. The van der Waals surface area contributed by atoms with E-state index in [1.54, 1.807) is 0 Å². The van der Waals surface area contributed by atoms with Crippen molar-refractivity contribution in [1.82, 2.24) is 24.9 Å². The van der Waals surface area contributed by atoms with E-state index in [9.17, 15) is 5.26 Å². The zero-order valence-corrected chi connectivity index (χ0v) is 30.9. The second kappa shape index (κ2) is 13.0. The van der Waals surface area contributed by atoms with Crippen molar-refractivity contribution in [2.45, 2.75) is 37.5 Å². The van der Waals surface area contributed by atoms with Gasteiger partial charge in [-0.1, -0.05) is 84.9 Å². The average molecular weight is 723 g/mol. The van der Waals surface area contributed by atoms with E-state index >= 15 is 0 Å². The molecule has 6 heteroatoms. The summed E-state index contributed by atoms with van der Waals surface area (Å²) >= 11 is 0. The molecule has 0 aliphatic heterocycles. The number of pyridine rings is 2. The van der Waals surface area contributed by atoms with Crippen molar-refractivity contribution in [3.63, 3.8) is 0 Å². The van der Waals surface area contributed by atoms with Crippen molar-refractivity contribution < 1.29 is 0 Å². The third kappa shape index (κ3) is 5.41. The Morgan fingerprint density at radius 3 is 1.59 bits per heavy atom. The van der Waals surface area contributed by atoms with Gasteiger partial charge < -0.3 is 0 Å². The van der Waals surface area contributed by atoms with Gasteiger partial charge in [0.1, 0.15) is 0 Å². The van der Waals surface area contributed by atoms with Crippen LogP contribution in [0, 0.1) is 35.0 Å². The molecule has 0 amide bonds. The van der Waals surface area contributed by atoms with Gasteiger partial charge >= 0.3 is 0 Å². The van der Waals surface area contributed by atoms with Crippen LogP contribution in [0.2, 0.25) is 0 Å². The lowest BCUT2D eigenvalue weighted by Gasteiger charge is -2.62. The molecule has 0 radical (unpaired) electrons. The van der Waals surface area contributed by atoms with Crippen LogP contribution in [0.4, 0.5) is 0 Å². The van der Waals surface area contributed by atoms with Crippen LogP contribution in [0.5, 0.6) is 0 Å². The summed E-state index contributed by atoms with van der Waals surface area (Å²) in [4.78, 5) is 24.5. The Hall–Kier alpha value is -6.58. The molecule has 0 spiro atoms. The minimum atomic E-state index is -0.0399. The molecule has 5 aromatic carbocycles. The first-order chi connectivity index (χ1) is 27.6. The topological polar surface area (TPSA) is 88.2 Å². The monoisotopic (exact) mass is 722 g/mol. The van der Waals surface area contributed by atoms with Crippen molar-refractivity contribution >= 4 is 21.8 Å². The molecule has 6 nitrogen and oxygen atoms in total. The quantitative estimate of drug-likeness (QED) is 0.170. The second-order valence-electron chi connectivity index (χ2n) is 16.1. The smallest absolute Gasteiger partial charge is 0.164 e. The first-order valence-electron chi connectivity index (χ1n) is 19.8. The molecule has 0 saturated heterocycles. The summed E-state index contributed by atoms with van der Waals surface area (Å²) in [6, 6.07) is 49.2. The van der Waals surface area contributed by atoms with Gasteiger partial charge in [-0.3, -0.25) is 9.97 Å². The van der Waals surface area contributed by atoms with E-state index < -0.39 is 0 Å². The lowest BCUT2D eigenvalue weighted by Crippen LogP contribution is -2.56. The summed E-state index contributed by atoms with van der Waals surface area (Å²) < 4.78 is 0. The highest BCUT2D eigenvalue weighted by atomic mass is 15.0. The molecular formula is C50H38N6. The number of aromatic nitrogens is 5. The van der Waals surface area contributed by atoms with Gasteiger partial charge in [0.15, 0.2) is 17.5 Å². The highest BCUT2D eigenvalue weighted by Crippen LogP contribution is 2.65. The normalized spacial score (nSPS) is 22.3. The molecule has 4 fully saturated rings. The van der Waals surface area contributed by atoms with Gasteiger partial charge in [-0.05, 0) is 127 Å². The number of nitriles is 1. The van der Waals surface area contributed by atoms with Gasteiger partial charge in [0.2, 0.25) is 0 Å². The van der Waals surface area contributed by atoms with E-state index in [1.807, 2.05) is 48.8 Å². The van der Waals surface area contributed by atoms with Crippen LogP contribution in [-0.4, -0.2) is 24.9 Å². The zero-order chi connectivity index (χ0) is 37.2. The maximum Gasteiger partial charge on any atom is 0.164 e. The Bertz CT molecular complexity index is 2690. The summed E-state index contributed by atoms with van der Waals surface area (Å²) in [5, 5.41) is 11.4. The van der Waals surface area contributed by atoms with Gasteiger partial charge in [-0.2, -0.15) is 5.26 Å². The summed E-state index contributed by atoms with van der Waals surface area (Å²) in [6.45, 7) is 0. The zero-order valence-electron chi connectivity index (χ0n) is 30.9. The summed E-state index contributed by atoms with van der Waals surface area (Å²) in [6.07, 6.45) is 10.2. The second-order valence-corrected chi connectivity index (χ2v) is 16.1. The number of rotatable bonds is 6. The van der Waals surface area contributed by atoms with Crippen LogP contribution in [-0.2, 0) is 5.41 Å². The maximum absolute atomic E-state index is 9.32. The molecule has 12 rings (SSSR count). The molecule has 4 aliphatic carbocycles. The highest BCUT2D eigenvalue weighted by molar-refractivity contribution is 5.85. The van der Waals surface area contributed by atoms with Crippen LogP contribution in [0.25, 0.3) is 67.1 Å². The Balaban J connectivity index is 1.02. The van der Waals surface area contributed by atoms with Gasteiger partial charge in [0, 0.05) is 45.3 Å². The molecule has 0 atom stereocenters. The van der Waals surface area contributed by atoms with E-state index in [4.69, 9.17) is 15.0 Å². The van der Waals surface area contributed by atoms with Gasteiger partial charge in [-0.25, -0.2) is 15.0 Å². The Morgan fingerprint density at radius 1 is 0.464 bits per heavy atom. The van der Waals surface area contributed by atoms with E-state index in [0.717, 1.165) is 55.9 Å². The molecule has 4 bridgehead atoms. The predicted molar refractivity (Wildman–Crippen MR) is 221 cm³/mol. The molecule has 3 aromatic heterocycles. The molecule has 0 N–H and O–H groups in total. The Labute approximate surface area is 326 Å². The van der Waals surface area contributed by atoms with Crippen molar-refractivity contribution in [2.24, 2.45) is 23.7 Å². The molecule has 56 heavy (non-hydrogen) atoms. The van der Waals surface area contributed by atoms with E-state index in [1.165, 1.54) is 48.8 Å². The van der Waals surface area contributed by atoms with Crippen molar-refractivity contribution in [2.75, 3.05) is 0 Å². The lowest BCUT2D eigenvalue weighted by atomic mass is 9.42. The van der Waals surface area contributed by atoms with Gasteiger partial charge in [0.25, 0.3) is 0 Å². The van der Waals surface area contributed by atoms with Crippen LogP contribution >= 0.6 is 0 Å². The highest BCUT2D eigenvalue weighted by Gasteiger charge is 2.58. The fraction of sp³-hybridized carbons (Fsp3) is 0.200. The number of hydrogen-bond acceptors (Lipinski definition) is 6. The fourth-order valence-corrected chi connectivity index (χ4v) is 10.8. The Kier molecular flexibility index (Phi) is 7.63. The number of nitrogens with zero attached hydrogens (tertiary/aromatic N) is 6. The lowest BCUT2D eigenvalue weighted by molar-refractivity contribution is -0.0418. The molecule has 0 unspecified atom stereocenters. The van der Waals surface area contributed by atoms with Crippen molar-refractivity contribution in [1.29, 1.82) is 5.26 Å². The van der Waals surface area contributed by atoms with Crippen LogP contribution in [0.3, 0.4) is 0 Å². The standard InChI is InChI=1S/C50H38N6/c51-30-31-5-7-34(8-6-31)35-11-16-41(17-12-35)50(43-24-32-23-33(26-43)27-44(50)25-32)42-18-13-37(14-19-42)47-54-48(39-15-20-45-38(28-39)4-2-21-52-45)56-49(55-47)40-10-9-36-3-1-22-53-46(36)29-40/h1-22,28-29,32-33,43-44H,23-27H2. The third-order valence-corrected chi connectivity index (χ3v) is 13.1. The third-order valence-electron chi connectivity index (χ3n) is 13.1. The Morgan fingerprint density at radius 2 is 0.964 bits per heavy atom. The number of fused-ring (bicyclic) bond motifs is 2.